The first-order valence-electron chi connectivity index (χ1n) is 6.46. The van der Waals surface area contributed by atoms with Gasteiger partial charge >= 0.3 is 5.97 Å². The van der Waals surface area contributed by atoms with E-state index < -0.39 is 5.97 Å². The zero-order valence-electron chi connectivity index (χ0n) is 11.3. The van der Waals surface area contributed by atoms with Gasteiger partial charge < -0.3 is 14.7 Å². The molecule has 19 heavy (non-hydrogen) atoms. The predicted octanol–water partition coefficient (Wildman–Crippen LogP) is 0.923. The SMILES string of the molecule is COC(=O)c1cnc(C)nc1N1CCCC1CCO. The summed E-state index contributed by atoms with van der Waals surface area (Å²) in [7, 11) is 1.35. The number of hydrogen-bond acceptors (Lipinski definition) is 6. The standard InChI is InChI=1S/C13H19N3O3/c1-9-14-8-11(13(18)19-2)12(15-9)16-6-3-4-10(16)5-7-17/h8,10,17H,3-7H2,1-2H3. The van der Waals surface area contributed by atoms with Crippen LogP contribution in [0, 0.1) is 6.92 Å². The van der Waals surface area contributed by atoms with Crippen molar-refractivity contribution in [3.63, 3.8) is 0 Å². The maximum absolute atomic E-state index is 11.8. The molecule has 104 valence electrons. The lowest BCUT2D eigenvalue weighted by Crippen LogP contribution is -2.32. The van der Waals surface area contributed by atoms with Gasteiger partial charge in [0, 0.05) is 25.4 Å². The number of hydrogen-bond donors (Lipinski definition) is 1. The van der Waals surface area contributed by atoms with E-state index in [2.05, 4.69) is 14.9 Å². The number of aliphatic hydroxyl groups excluding tert-OH is 1. The molecular formula is C13H19N3O3. The summed E-state index contributed by atoms with van der Waals surface area (Å²) in [5.74, 6) is 0.817. The first-order chi connectivity index (χ1) is 9.17. The van der Waals surface area contributed by atoms with Crippen LogP contribution in [0.1, 0.15) is 35.4 Å². The molecule has 6 nitrogen and oxygen atoms in total. The van der Waals surface area contributed by atoms with Crippen molar-refractivity contribution in [3.8, 4) is 0 Å². The van der Waals surface area contributed by atoms with Gasteiger partial charge in [-0.15, -0.1) is 0 Å². The monoisotopic (exact) mass is 265 g/mol. The highest BCUT2D eigenvalue weighted by Crippen LogP contribution is 2.28. The maximum atomic E-state index is 11.8. The lowest BCUT2D eigenvalue weighted by Gasteiger charge is -2.26. The molecule has 2 rings (SSSR count). The van der Waals surface area contributed by atoms with E-state index in [-0.39, 0.29) is 12.6 Å². The van der Waals surface area contributed by atoms with Crippen LogP contribution < -0.4 is 4.90 Å². The molecule has 1 atom stereocenters. The van der Waals surface area contributed by atoms with Crippen LogP contribution in [0.4, 0.5) is 5.82 Å². The highest BCUT2D eigenvalue weighted by molar-refractivity contribution is 5.94. The molecule has 2 heterocycles. The zero-order valence-corrected chi connectivity index (χ0v) is 11.3. The van der Waals surface area contributed by atoms with Crippen molar-refractivity contribution in [1.82, 2.24) is 9.97 Å². The lowest BCUT2D eigenvalue weighted by molar-refractivity contribution is 0.0600. The van der Waals surface area contributed by atoms with Crippen molar-refractivity contribution in [3.05, 3.63) is 17.6 Å². The molecule has 1 aromatic rings. The fraction of sp³-hybridized carbons (Fsp3) is 0.615. The minimum atomic E-state index is -0.426. The van der Waals surface area contributed by atoms with Crippen LogP contribution in [0.15, 0.2) is 6.20 Å². The van der Waals surface area contributed by atoms with Gasteiger partial charge in [-0.1, -0.05) is 0 Å². The first-order valence-corrected chi connectivity index (χ1v) is 6.46. The van der Waals surface area contributed by atoms with E-state index in [1.54, 1.807) is 6.92 Å². The van der Waals surface area contributed by atoms with Gasteiger partial charge in [0.2, 0.25) is 0 Å². The third-order valence-corrected chi connectivity index (χ3v) is 3.41. The number of methoxy groups -OCH3 is 1. The van der Waals surface area contributed by atoms with Crippen molar-refractivity contribution in [2.24, 2.45) is 0 Å². The summed E-state index contributed by atoms with van der Waals surface area (Å²) in [5, 5.41) is 9.12. The van der Waals surface area contributed by atoms with Gasteiger partial charge in [0.1, 0.15) is 17.2 Å². The van der Waals surface area contributed by atoms with Crippen molar-refractivity contribution in [2.75, 3.05) is 25.2 Å². The fourth-order valence-electron chi connectivity index (χ4n) is 2.49. The normalized spacial score (nSPS) is 18.7. The summed E-state index contributed by atoms with van der Waals surface area (Å²) >= 11 is 0. The molecule has 1 N–H and O–H groups in total. The maximum Gasteiger partial charge on any atom is 0.343 e. The molecule has 1 saturated heterocycles. The highest BCUT2D eigenvalue weighted by atomic mass is 16.5. The molecule has 0 amide bonds. The summed E-state index contributed by atoms with van der Waals surface area (Å²) in [4.78, 5) is 22.3. The molecule has 1 fully saturated rings. The minimum Gasteiger partial charge on any atom is -0.465 e. The van der Waals surface area contributed by atoms with Gasteiger partial charge in [-0.2, -0.15) is 0 Å². The second-order valence-electron chi connectivity index (χ2n) is 4.65. The summed E-state index contributed by atoms with van der Waals surface area (Å²) in [6.07, 6.45) is 4.24. The molecule has 1 aliphatic heterocycles. The van der Waals surface area contributed by atoms with Crippen molar-refractivity contribution in [1.29, 1.82) is 0 Å². The number of aromatic nitrogens is 2. The van der Waals surface area contributed by atoms with Gasteiger partial charge in [-0.05, 0) is 26.2 Å². The van der Waals surface area contributed by atoms with Crippen LogP contribution in [0.5, 0.6) is 0 Å². The molecule has 0 aromatic carbocycles. The number of nitrogens with zero attached hydrogens (tertiary/aromatic N) is 3. The van der Waals surface area contributed by atoms with E-state index in [9.17, 15) is 4.79 Å². The van der Waals surface area contributed by atoms with Gasteiger partial charge in [-0.3, -0.25) is 0 Å². The number of esters is 1. The Morgan fingerprint density at radius 1 is 1.63 bits per heavy atom. The smallest absolute Gasteiger partial charge is 0.343 e. The van der Waals surface area contributed by atoms with Gasteiger partial charge in [0.25, 0.3) is 0 Å². The second-order valence-corrected chi connectivity index (χ2v) is 4.65. The molecule has 0 aliphatic carbocycles. The first kappa shape index (κ1) is 13.7. The number of aliphatic hydroxyl groups is 1. The molecule has 0 spiro atoms. The van der Waals surface area contributed by atoms with Crippen LogP contribution in [-0.2, 0) is 4.74 Å². The lowest BCUT2D eigenvalue weighted by atomic mass is 10.1. The quantitative estimate of drug-likeness (QED) is 0.816. The van der Waals surface area contributed by atoms with Crippen LogP contribution in [0.2, 0.25) is 0 Å². The highest BCUT2D eigenvalue weighted by Gasteiger charge is 2.29. The van der Waals surface area contributed by atoms with E-state index in [1.807, 2.05) is 0 Å². The number of aryl methyl sites for hydroxylation is 1. The number of carbonyl (C=O) groups is 1. The molecule has 1 aliphatic rings. The Labute approximate surface area is 112 Å². The van der Waals surface area contributed by atoms with Crippen molar-refractivity contribution >= 4 is 11.8 Å². The third-order valence-electron chi connectivity index (χ3n) is 3.41. The Kier molecular flexibility index (Phi) is 4.31. The van der Waals surface area contributed by atoms with E-state index in [0.717, 1.165) is 19.4 Å². The number of rotatable bonds is 4. The Bertz CT molecular complexity index is 464. The zero-order chi connectivity index (χ0) is 13.8. The number of anilines is 1. The summed E-state index contributed by atoms with van der Waals surface area (Å²) in [6.45, 7) is 2.77. The summed E-state index contributed by atoms with van der Waals surface area (Å²) in [6, 6.07) is 0.225. The molecular weight excluding hydrogens is 246 g/mol. The predicted molar refractivity (Wildman–Crippen MR) is 70.2 cm³/mol. The number of ether oxygens (including phenoxy) is 1. The van der Waals surface area contributed by atoms with E-state index in [0.29, 0.717) is 23.6 Å². The molecule has 0 saturated carbocycles. The Morgan fingerprint density at radius 3 is 3.11 bits per heavy atom. The van der Waals surface area contributed by atoms with Crippen LogP contribution in [0.25, 0.3) is 0 Å². The number of carbonyl (C=O) groups excluding carboxylic acids is 1. The third kappa shape index (κ3) is 2.84. The average molecular weight is 265 g/mol. The van der Waals surface area contributed by atoms with Crippen LogP contribution >= 0.6 is 0 Å². The van der Waals surface area contributed by atoms with Crippen molar-refractivity contribution in [2.45, 2.75) is 32.2 Å². The van der Waals surface area contributed by atoms with Gasteiger partial charge in [0.05, 0.1) is 7.11 Å². The van der Waals surface area contributed by atoms with E-state index in [1.165, 1.54) is 13.3 Å². The Morgan fingerprint density at radius 2 is 2.42 bits per heavy atom. The van der Waals surface area contributed by atoms with Crippen LogP contribution in [-0.4, -0.2) is 47.3 Å². The summed E-state index contributed by atoms with van der Waals surface area (Å²) < 4.78 is 4.78. The Hall–Kier alpha value is -1.69. The van der Waals surface area contributed by atoms with Crippen LogP contribution in [0.3, 0.4) is 0 Å². The molecule has 6 heteroatoms. The fourth-order valence-corrected chi connectivity index (χ4v) is 2.49. The minimum absolute atomic E-state index is 0.138. The molecule has 1 unspecified atom stereocenters. The van der Waals surface area contributed by atoms with Gasteiger partial charge in [0.15, 0.2) is 0 Å². The van der Waals surface area contributed by atoms with E-state index >= 15 is 0 Å². The largest absolute Gasteiger partial charge is 0.465 e. The average Bonchev–Trinajstić information content (AvgIpc) is 2.86. The summed E-state index contributed by atoms with van der Waals surface area (Å²) in [5.41, 5.74) is 0.387. The topological polar surface area (TPSA) is 75.5 Å². The molecule has 1 aromatic heterocycles. The second kappa shape index (κ2) is 5.97. The molecule has 0 bridgehead atoms. The molecule has 0 radical (unpaired) electrons. The van der Waals surface area contributed by atoms with E-state index in [4.69, 9.17) is 9.84 Å². The Balaban J connectivity index is 2.36. The van der Waals surface area contributed by atoms with Gasteiger partial charge in [-0.25, -0.2) is 14.8 Å². The van der Waals surface area contributed by atoms with Crippen molar-refractivity contribution < 1.29 is 14.6 Å².